The van der Waals surface area contributed by atoms with Crippen LogP contribution in [0.25, 0.3) is 0 Å². The van der Waals surface area contributed by atoms with E-state index in [1.165, 1.54) is 11.3 Å². The van der Waals surface area contributed by atoms with E-state index in [4.69, 9.17) is 10.2 Å². The van der Waals surface area contributed by atoms with Gasteiger partial charge in [-0.05, 0) is 51.2 Å². The third kappa shape index (κ3) is 2.54. The summed E-state index contributed by atoms with van der Waals surface area (Å²) in [6.07, 6.45) is 3.96. The maximum atomic E-state index is 12.4. The number of aryl methyl sites for hydroxylation is 3. The summed E-state index contributed by atoms with van der Waals surface area (Å²) in [5.41, 5.74) is 7.51. The highest BCUT2D eigenvalue weighted by atomic mass is 32.1. The quantitative estimate of drug-likeness (QED) is 0.911. The van der Waals surface area contributed by atoms with Crippen molar-refractivity contribution in [3.63, 3.8) is 0 Å². The van der Waals surface area contributed by atoms with Crippen LogP contribution in [0, 0.1) is 13.8 Å². The van der Waals surface area contributed by atoms with Gasteiger partial charge in [-0.15, -0.1) is 11.3 Å². The van der Waals surface area contributed by atoms with Crippen LogP contribution in [-0.2, 0) is 12.8 Å². The first-order valence-corrected chi connectivity index (χ1v) is 8.11. The van der Waals surface area contributed by atoms with E-state index >= 15 is 0 Å². The van der Waals surface area contributed by atoms with E-state index in [1.54, 1.807) is 19.9 Å². The van der Waals surface area contributed by atoms with Crippen molar-refractivity contribution in [3.8, 4) is 0 Å². The number of amides is 2. The molecule has 1 aliphatic carbocycles. The minimum absolute atomic E-state index is 0.268. The van der Waals surface area contributed by atoms with Crippen molar-refractivity contribution in [2.75, 3.05) is 5.32 Å². The maximum absolute atomic E-state index is 12.4. The van der Waals surface area contributed by atoms with E-state index in [-0.39, 0.29) is 5.91 Å². The summed E-state index contributed by atoms with van der Waals surface area (Å²) in [5.74, 6) is 0.505. The molecule has 2 heterocycles. The van der Waals surface area contributed by atoms with Gasteiger partial charge < -0.3 is 15.5 Å². The highest BCUT2D eigenvalue weighted by molar-refractivity contribution is 7.17. The molecule has 0 saturated carbocycles. The molecule has 1 aliphatic rings. The predicted octanol–water partition coefficient (Wildman–Crippen LogP) is 3.19. The molecule has 2 aromatic heterocycles. The van der Waals surface area contributed by atoms with Crippen LogP contribution in [0.1, 0.15) is 55.5 Å². The fourth-order valence-corrected chi connectivity index (χ4v) is 4.23. The van der Waals surface area contributed by atoms with Crippen LogP contribution in [0.4, 0.5) is 5.00 Å². The van der Waals surface area contributed by atoms with E-state index in [0.717, 1.165) is 36.1 Å². The first-order valence-electron chi connectivity index (χ1n) is 7.30. The van der Waals surface area contributed by atoms with E-state index < -0.39 is 5.91 Å². The highest BCUT2D eigenvalue weighted by Gasteiger charge is 2.25. The van der Waals surface area contributed by atoms with Crippen molar-refractivity contribution in [2.45, 2.75) is 39.5 Å². The summed E-state index contributed by atoms with van der Waals surface area (Å²) in [6, 6.07) is 1.70. The lowest BCUT2D eigenvalue weighted by atomic mass is 9.95. The Morgan fingerprint density at radius 1 is 1.27 bits per heavy atom. The third-order valence-electron chi connectivity index (χ3n) is 3.93. The van der Waals surface area contributed by atoms with Crippen molar-refractivity contribution >= 4 is 28.2 Å². The zero-order valence-corrected chi connectivity index (χ0v) is 13.4. The van der Waals surface area contributed by atoms with Crippen molar-refractivity contribution in [1.29, 1.82) is 0 Å². The van der Waals surface area contributed by atoms with Crippen LogP contribution >= 0.6 is 11.3 Å². The molecule has 0 fully saturated rings. The SMILES string of the molecule is Cc1cc(C(=O)Nc2sc3c(c2C(N)=O)CCCC3)c(C)o1. The Balaban J connectivity index is 1.95. The van der Waals surface area contributed by atoms with Gasteiger partial charge in [0.2, 0.25) is 0 Å². The number of primary amides is 1. The normalized spacial score (nSPS) is 13.7. The second kappa shape index (κ2) is 5.61. The Kier molecular flexibility index (Phi) is 3.78. The summed E-state index contributed by atoms with van der Waals surface area (Å²) < 4.78 is 5.38. The van der Waals surface area contributed by atoms with Crippen LogP contribution in [0.3, 0.4) is 0 Å². The molecular weight excluding hydrogens is 300 g/mol. The topological polar surface area (TPSA) is 85.3 Å². The lowest BCUT2D eigenvalue weighted by Gasteiger charge is -2.11. The number of thiophene rings is 1. The standard InChI is InChI=1S/C16H18N2O3S/c1-8-7-11(9(2)21-8)15(20)18-16-13(14(17)19)10-5-3-4-6-12(10)22-16/h7H,3-6H2,1-2H3,(H2,17,19)(H,18,20). The van der Waals surface area contributed by atoms with Crippen molar-refractivity contribution in [1.82, 2.24) is 0 Å². The second-order valence-electron chi connectivity index (χ2n) is 5.56. The first kappa shape index (κ1) is 14.8. The summed E-state index contributed by atoms with van der Waals surface area (Å²) in [4.78, 5) is 25.4. The van der Waals surface area contributed by atoms with Crippen LogP contribution in [0.2, 0.25) is 0 Å². The Morgan fingerprint density at radius 3 is 2.64 bits per heavy atom. The third-order valence-corrected chi connectivity index (χ3v) is 5.14. The number of carbonyl (C=O) groups excluding carboxylic acids is 2. The van der Waals surface area contributed by atoms with E-state index in [0.29, 0.717) is 27.6 Å². The summed E-state index contributed by atoms with van der Waals surface area (Å²) in [5, 5.41) is 3.40. The molecule has 3 rings (SSSR count). The summed E-state index contributed by atoms with van der Waals surface area (Å²) in [7, 11) is 0. The molecule has 0 bridgehead atoms. The first-order chi connectivity index (χ1) is 10.5. The Hall–Kier alpha value is -2.08. The molecule has 3 N–H and O–H groups in total. The van der Waals surface area contributed by atoms with E-state index in [2.05, 4.69) is 5.32 Å². The monoisotopic (exact) mass is 318 g/mol. The zero-order valence-electron chi connectivity index (χ0n) is 12.6. The molecule has 0 aliphatic heterocycles. The van der Waals surface area contributed by atoms with Gasteiger partial charge in [-0.3, -0.25) is 9.59 Å². The molecule has 0 unspecified atom stereocenters. The fraction of sp³-hybridized carbons (Fsp3) is 0.375. The minimum Gasteiger partial charge on any atom is -0.466 e. The molecule has 5 nitrogen and oxygen atoms in total. The average Bonchev–Trinajstić information content (AvgIpc) is 2.97. The molecule has 2 aromatic rings. The van der Waals surface area contributed by atoms with Gasteiger partial charge >= 0.3 is 0 Å². The number of nitrogens with one attached hydrogen (secondary N) is 1. The summed E-state index contributed by atoms with van der Waals surface area (Å²) >= 11 is 1.46. The van der Waals surface area contributed by atoms with Crippen molar-refractivity contribution in [2.24, 2.45) is 5.73 Å². The highest BCUT2D eigenvalue weighted by Crippen LogP contribution is 2.38. The number of rotatable bonds is 3. The molecule has 0 aromatic carbocycles. The van der Waals surface area contributed by atoms with Gasteiger partial charge in [-0.1, -0.05) is 0 Å². The molecule has 0 radical (unpaired) electrons. The van der Waals surface area contributed by atoms with E-state index in [1.807, 2.05) is 0 Å². The van der Waals surface area contributed by atoms with Gasteiger partial charge in [-0.25, -0.2) is 0 Å². The summed E-state index contributed by atoms with van der Waals surface area (Å²) in [6.45, 7) is 3.54. The average molecular weight is 318 g/mol. The van der Waals surface area contributed by atoms with Crippen LogP contribution in [0.5, 0.6) is 0 Å². The van der Waals surface area contributed by atoms with Gasteiger partial charge in [0.05, 0.1) is 11.1 Å². The molecule has 0 spiro atoms. The molecular formula is C16H18N2O3S. The maximum Gasteiger partial charge on any atom is 0.259 e. The number of furan rings is 1. The molecule has 2 amide bonds. The van der Waals surface area contributed by atoms with Gasteiger partial charge in [-0.2, -0.15) is 0 Å². The Morgan fingerprint density at radius 2 is 2.00 bits per heavy atom. The largest absolute Gasteiger partial charge is 0.466 e. The lowest BCUT2D eigenvalue weighted by molar-refractivity contribution is 0.100. The number of carbonyl (C=O) groups is 2. The smallest absolute Gasteiger partial charge is 0.259 e. The van der Waals surface area contributed by atoms with Gasteiger partial charge in [0.1, 0.15) is 16.5 Å². The van der Waals surface area contributed by atoms with Crippen LogP contribution < -0.4 is 11.1 Å². The van der Waals surface area contributed by atoms with Crippen LogP contribution in [0.15, 0.2) is 10.5 Å². The van der Waals surface area contributed by atoms with Crippen LogP contribution in [-0.4, -0.2) is 11.8 Å². The fourth-order valence-electron chi connectivity index (χ4n) is 2.94. The number of fused-ring (bicyclic) bond motifs is 1. The molecule has 116 valence electrons. The molecule has 6 heteroatoms. The Labute approximate surface area is 132 Å². The van der Waals surface area contributed by atoms with Crippen molar-refractivity contribution < 1.29 is 14.0 Å². The molecule has 0 atom stereocenters. The minimum atomic E-state index is -0.477. The zero-order chi connectivity index (χ0) is 15.9. The number of nitrogens with two attached hydrogens (primary N) is 1. The lowest BCUT2D eigenvalue weighted by Crippen LogP contribution is -2.18. The van der Waals surface area contributed by atoms with Crippen molar-refractivity contribution in [3.05, 3.63) is 39.2 Å². The molecule has 22 heavy (non-hydrogen) atoms. The predicted molar refractivity (Wildman–Crippen MR) is 85.6 cm³/mol. The van der Waals surface area contributed by atoms with Gasteiger partial charge in [0.25, 0.3) is 11.8 Å². The number of anilines is 1. The second-order valence-corrected chi connectivity index (χ2v) is 6.67. The van der Waals surface area contributed by atoms with Gasteiger partial charge in [0.15, 0.2) is 0 Å². The molecule has 0 saturated heterocycles. The Bertz CT molecular complexity index is 758. The number of hydrogen-bond donors (Lipinski definition) is 2. The van der Waals surface area contributed by atoms with Gasteiger partial charge in [0, 0.05) is 4.88 Å². The van der Waals surface area contributed by atoms with E-state index in [9.17, 15) is 9.59 Å². The number of hydrogen-bond acceptors (Lipinski definition) is 4.